The first-order valence-corrected chi connectivity index (χ1v) is 8.97. The van der Waals surface area contributed by atoms with Gasteiger partial charge in [0.1, 0.15) is 0 Å². The molecule has 2 N–H and O–H groups in total. The molecule has 2 fully saturated rings. The van der Waals surface area contributed by atoms with Gasteiger partial charge in [0, 0.05) is 50.9 Å². The Kier molecular flexibility index (Phi) is 4.04. The van der Waals surface area contributed by atoms with Gasteiger partial charge in [-0.05, 0) is 31.7 Å². The number of aromatic nitrogens is 2. The molecule has 0 bridgehead atoms. The highest BCUT2D eigenvalue weighted by Gasteiger charge is 2.38. The van der Waals surface area contributed by atoms with Gasteiger partial charge in [-0.15, -0.1) is 0 Å². The van der Waals surface area contributed by atoms with Gasteiger partial charge in [0.05, 0.1) is 11.6 Å². The summed E-state index contributed by atoms with van der Waals surface area (Å²) in [5, 5.41) is 4.68. The molecule has 1 aromatic rings. The molecule has 1 aromatic heterocycles. The van der Waals surface area contributed by atoms with Crippen LogP contribution >= 0.6 is 0 Å². The fourth-order valence-corrected chi connectivity index (χ4v) is 4.29. The topological polar surface area (TPSA) is 84.5 Å². The number of nitrogens with two attached hydrogens (primary N) is 1. The van der Waals surface area contributed by atoms with Crippen molar-refractivity contribution in [1.82, 2.24) is 19.6 Å². The van der Waals surface area contributed by atoms with E-state index in [-0.39, 0.29) is 30.2 Å². The molecule has 1 atom stereocenters. The molecule has 1 unspecified atom stereocenters. The number of piperidine rings is 1. The standard InChI is InChI=1S/C17H25N5O2/c18-17(24)12-8-16(23)21(10-12)14-3-6-20(7-4-14)11-13-9-15-2-1-5-22(15)19-13/h9,12,14H,1-8,10-11H2,(H2,18,24). The lowest BCUT2D eigenvalue weighted by Gasteiger charge is -2.36. The molecule has 3 aliphatic rings. The van der Waals surface area contributed by atoms with Gasteiger partial charge in [0.25, 0.3) is 0 Å². The van der Waals surface area contributed by atoms with Crippen LogP contribution in [0.25, 0.3) is 0 Å². The average Bonchev–Trinajstić information content (AvgIpc) is 3.22. The molecule has 2 saturated heterocycles. The van der Waals surface area contributed by atoms with Crippen molar-refractivity contribution in [2.75, 3.05) is 19.6 Å². The lowest BCUT2D eigenvalue weighted by atomic mass is 10.0. The van der Waals surface area contributed by atoms with E-state index < -0.39 is 0 Å². The van der Waals surface area contributed by atoms with Crippen LogP contribution in [0.15, 0.2) is 6.07 Å². The fourth-order valence-electron chi connectivity index (χ4n) is 4.29. The maximum absolute atomic E-state index is 12.1. The summed E-state index contributed by atoms with van der Waals surface area (Å²) in [5.41, 5.74) is 7.88. The summed E-state index contributed by atoms with van der Waals surface area (Å²) in [7, 11) is 0. The fraction of sp³-hybridized carbons (Fsp3) is 0.706. The molecule has 0 aliphatic carbocycles. The first-order valence-electron chi connectivity index (χ1n) is 8.97. The molecule has 3 aliphatic heterocycles. The van der Waals surface area contributed by atoms with Gasteiger partial charge in [-0.3, -0.25) is 19.2 Å². The van der Waals surface area contributed by atoms with Crippen molar-refractivity contribution in [3.8, 4) is 0 Å². The predicted octanol–water partition coefficient (Wildman–Crippen LogP) is 0.127. The molecule has 0 aromatic carbocycles. The van der Waals surface area contributed by atoms with E-state index >= 15 is 0 Å². The zero-order valence-corrected chi connectivity index (χ0v) is 14.0. The van der Waals surface area contributed by atoms with E-state index in [9.17, 15) is 9.59 Å². The third-order valence-electron chi connectivity index (χ3n) is 5.66. The van der Waals surface area contributed by atoms with Crippen LogP contribution in [0.1, 0.15) is 37.1 Å². The number of likely N-dealkylation sites (tertiary alicyclic amines) is 2. The van der Waals surface area contributed by atoms with Gasteiger partial charge in [0.2, 0.25) is 11.8 Å². The normalized spacial score (nSPS) is 25.4. The number of primary amides is 1. The van der Waals surface area contributed by atoms with Gasteiger partial charge in [0.15, 0.2) is 0 Å². The second-order valence-corrected chi connectivity index (χ2v) is 7.31. The number of hydrogen-bond acceptors (Lipinski definition) is 4. The Labute approximate surface area is 141 Å². The van der Waals surface area contributed by atoms with E-state index in [1.54, 1.807) is 0 Å². The van der Waals surface area contributed by atoms with Gasteiger partial charge < -0.3 is 10.6 Å². The molecule has 4 rings (SSSR count). The van der Waals surface area contributed by atoms with Crippen LogP contribution in [0, 0.1) is 5.92 Å². The number of nitrogens with zero attached hydrogens (tertiary/aromatic N) is 4. The summed E-state index contributed by atoms with van der Waals surface area (Å²) in [6, 6.07) is 2.49. The molecule has 4 heterocycles. The van der Waals surface area contributed by atoms with Crippen LogP contribution in [0.3, 0.4) is 0 Å². The van der Waals surface area contributed by atoms with Crippen molar-refractivity contribution >= 4 is 11.8 Å². The van der Waals surface area contributed by atoms with Crippen LogP contribution < -0.4 is 5.73 Å². The Morgan fingerprint density at radius 2 is 2.08 bits per heavy atom. The molecular weight excluding hydrogens is 306 g/mol. The van der Waals surface area contributed by atoms with Gasteiger partial charge in [-0.25, -0.2) is 0 Å². The molecule has 0 saturated carbocycles. The Balaban J connectivity index is 1.30. The Morgan fingerprint density at radius 3 is 2.75 bits per heavy atom. The Morgan fingerprint density at radius 1 is 1.29 bits per heavy atom. The molecule has 7 heteroatoms. The molecule has 24 heavy (non-hydrogen) atoms. The molecule has 0 spiro atoms. The highest BCUT2D eigenvalue weighted by Crippen LogP contribution is 2.26. The molecule has 2 amide bonds. The first-order chi connectivity index (χ1) is 11.6. The second kappa shape index (κ2) is 6.20. The van der Waals surface area contributed by atoms with E-state index in [0.29, 0.717) is 6.54 Å². The van der Waals surface area contributed by atoms with E-state index in [4.69, 9.17) is 5.73 Å². The first kappa shape index (κ1) is 15.6. The number of rotatable bonds is 4. The minimum atomic E-state index is -0.351. The second-order valence-electron chi connectivity index (χ2n) is 7.31. The zero-order valence-electron chi connectivity index (χ0n) is 14.0. The van der Waals surface area contributed by atoms with Crippen molar-refractivity contribution in [3.63, 3.8) is 0 Å². The molecule has 0 radical (unpaired) electrons. The van der Waals surface area contributed by atoms with Crippen molar-refractivity contribution in [1.29, 1.82) is 0 Å². The van der Waals surface area contributed by atoms with E-state index in [2.05, 4.69) is 20.7 Å². The van der Waals surface area contributed by atoms with Crippen molar-refractivity contribution < 1.29 is 9.59 Å². The zero-order chi connectivity index (χ0) is 16.7. The van der Waals surface area contributed by atoms with Crippen LogP contribution in [0.2, 0.25) is 0 Å². The Bertz CT molecular complexity index is 626. The maximum Gasteiger partial charge on any atom is 0.223 e. The summed E-state index contributed by atoms with van der Waals surface area (Å²) >= 11 is 0. The highest BCUT2D eigenvalue weighted by atomic mass is 16.2. The van der Waals surface area contributed by atoms with Crippen molar-refractivity contribution in [2.45, 2.75) is 51.2 Å². The minimum Gasteiger partial charge on any atom is -0.369 e. The summed E-state index contributed by atoms with van der Waals surface area (Å²) in [4.78, 5) is 27.8. The highest BCUT2D eigenvalue weighted by molar-refractivity contribution is 5.88. The number of carbonyl (C=O) groups is 2. The van der Waals surface area contributed by atoms with Crippen LogP contribution in [-0.2, 0) is 29.1 Å². The van der Waals surface area contributed by atoms with E-state index in [1.807, 2.05) is 4.90 Å². The quantitative estimate of drug-likeness (QED) is 0.850. The lowest BCUT2D eigenvalue weighted by molar-refractivity contribution is -0.130. The number of hydrogen-bond donors (Lipinski definition) is 1. The summed E-state index contributed by atoms with van der Waals surface area (Å²) < 4.78 is 2.13. The minimum absolute atomic E-state index is 0.0859. The maximum atomic E-state index is 12.1. The van der Waals surface area contributed by atoms with Crippen molar-refractivity contribution in [2.24, 2.45) is 11.7 Å². The number of aryl methyl sites for hydroxylation is 2. The summed E-state index contributed by atoms with van der Waals surface area (Å²) in [6.45, 7) is 4.39. The van der Waals surface area contributed by atoms with Gasteiger partial charge in [-0.1, -0.05) is 0 Å². The monoisotopic (exact) mass is 331 g/mol. The molecule has 130 valence electrons. The third-order valence-corrected chi connectivity index (χ3v) is 5.66. The lowest BCUT2D eigenvalue weighted by Crippen LogP contribution is -2.45. The molecule has 7 nitrogen and oxygen atoms in total. The average molecular weight is 331 g/mol. The number of amides is 2. The van der Waals surface area contributed by atoms with Crippen LogP contribution in [0.4, 0.5) is 0 Å². The number of fused-ring (bicyclic) bond motifs is 1. The Hall–Kier alpha value is -1.89. The van der Waals surface area contributed by atoms with E-state index in [0.717, 1.165) is 51.1 Å². The summed E-state index contributed by atoms with van der Waals surface area (Å²) in [5.74, 6) is -0.567. The third kappa shape index (κ3) is 2.92. The van der Waals surface area contributed by atoms with E-state index in [1.165, 1.54) is 12.1 Å². The van der Waals surface area contributed by atoms with Crippen molar-refractivity contribution in [3.05, 3.63) is 17.5 Å². The predicted molar refractivity (Wildman–Crippen MR) is 87.9 cm³/mol. The smallest absolute Gasteiger partial charge is 0.223 e. The van der Waals surface area contributed by atoms with Gasteiger partial charge >= 0.3 is 0 Å². The SMILES string of the molecule is NC(=O)C1CC(=O)N(C2CCN(Cc3cc4n(n3)CCC4)CC2)C1. The van der Waals surface area contributed by atoms with Crippen LogP contribution in [0.5, 0.6) is 0 Å². The van der Waals surface area contributed by atoms with Crippen LogP contribution in [-0.4, -0.2) is 57.1 Å². The van der Waals surface area contributed by atoms with Gasteiger partial charge in [-0.2, -0.15) is 5.10 Å². The number of carbonyl (C=O) groups excluding carboxylic acids is 2. The largest absolute Gasteiger partial charge is 0.369 e. The summed E-state index contributed by atoms with van der Waals surface area (Å²) in [6.07, 6.45) is 4.57. The molecular formula is C17H25N5O2.